The molecule has 88 valence electrons. The largest absolute Gasteiger partial charge is 0.381 e. The van der Waals surface area contributed by atoms with E-state index in [9.17, 15) is 0 Å². The first-order valence-electron chi connectivity index (χ1n) is 5.86. The van der Waals surface area contributed by atoms with Crippen LogP contribution < -0.4 is 5.32 Å². The van der Waals surface area contributed by atoms with E-state index < -0.39 is 0 Å². The molecule has 0 bridgehead atoms. The summed E-state index contributed by atoms with van der Waals surface area (Å²) in [5.74, 6) is 2.51. The molecule has 2 N–H and O–H groups in total. The zero-order valence-corrected chi connectivity index (χ0v) is 10.3. The van der Waals surface area contributed by atoms with E-state index in [1.165, 1.54) is 29.2 Å². The smallest absolute Gasteiger partial charge is 0.0650 e. The van der Waals surface area contributed by atoms with E-state index >= 15 is 0 Å². The number of aromatic amines is 1. The van der Waals surface area contributed by atoms with Gasteiger partial charge in [-0.1, -0.05) is 12.1 Å². The first-order chi connectivity index (χ1) is 8.42. The fourth-order valence-corrected chi connectivity index (χ4v) is 3.20. The number of nitrogens with zero attached hydrogens (tertiary/aromatic N) is 1. The predicted molar refractivity (Wildman–Crippen MR) is 73.4 cm³/mol. The average molecular weight is 245 g/mol. The highest BCUT2D eigenvalue weighted by Crippen LogP contribution is 2.23. The third-order valence-electron chi connectivity index (χ3n) is 3.00. The number of aromatic nitrogens is 2. The van der Waals surface area contributed by atoms with Gasteiger partial charge in [-0.2, -0.15) is 16.9 Å². The second-order valence-corrected chi connectivity index (χ2v) is 5.40. The highest BCUT2D eigenvalue weighted by molar-refractivity contribution is 7.99. The van der Waals surface area contributed by atoms with Gasteiger partial charge in [-0.25, -0.2) is 0 Å². The maximum atomic E-state index is 3.96. The fourth-order valence-electron chi connectivity index (χ4n) is 2.05. The van der Waals surface area contributed by atoms with Crippen molar-refractivity contribution in [3.05, 3.63) is 36.5 Å². The summed E-state index contributed by atoms with van der Waals surface area (Å²) >= 11 is 2.03. The van der Waals surface area contributed by atoms with Gasteiger partial charge in [-0.15, -0.1) is 0 Å². The Morgan fingerprint density at radius 2 is 2.12 bits per heavy atom. The molecule has 1 atom stereocenters. The minimum atomic E-state index is 0.637. The van der Waals surface area contributed by atoms with E-state index in [1.807, 2.05) is 17.8 Å². The van der Waals surface area contributed by atoms with E-state index in [1.54, 1.807) is 6.20 Å². The molecule has 0 saturated carbocycles. The minimum Gasteiger partial charge on any atom is -0.381 e. The number of hydrogen-bond acceptors (Lipinski definition) is 3. The van der Waals surface area contributed by atoms with Gasteiger partial charge in [0.2, 0.25) is 0 Å². The molecule has 1 saturated heterocycles. The van der Waals surface area contributed by atoms with E-state index in [-0.39, 0.29) is 0 Å². The second-order valence-electron chi connectivity index (χ2n) is 4.25. The minimum absolute atomic E-state index is 0.637. The van der Waals surface area contributed by atoms with Crippen molar-refractivity contribution < 1.29 is 0 Å². The van der Waals surface area contributed by atoms with Gasteiger partial charge in [0.25, 0.3) is 0 Å². The Hall–Kier alpha value is -1.42. The zero-order valence-electron chi connectivity index (χ0n) is 9.52. The lowest BCUT2D eigenvalue weighted by Gasteiger charge is -2.12. The summed E-state index contributed by atoms with van der Waals surface area (Å²) in [6.45, 7) is 0. The van der Waals surface area contributed by atoms with Gasteiger partial charge in [0.15, 0.2) is 0 Å². The molecule has 1 aromatic heterocycles. The van der Waals surface area contributed by atoms with E-state index in [4.69, 9.17) is 0 Å². The van der Waals surface area contributed by atoms with Crippen LogP contribution in [0, 0.1) is 0 Å². The molecule has 17 heavy (non-hydrogen) atoms. The Bertz CT molecular complexity index is 458. The quantitative estimate of drug-likeness (QED) is 0.873. The van der Waals surface area contributed by atoms with Crippen molar-refractivity contribution in [3.8, 4) is 11.3 Å². The summed E-state index contributed by atoms with van der Waals surface area (Å²) in [5, 5.41) is 10.5. The van der Waals surface area contributed by atoms with Crippen molar-refractivity contribution in [2.45, 2.75) is 12.5 Å². The van der Waals surface area contributed by atoms with Gasteiger partial charge in [-0.3, -0.25) is 5.10 Å². The highest BCUT2D eigenvalue weighted by Gasteiger charge is 2.14. The lowest BCUT2D eigenvalue weighted by atomic mass is 10.1. The number of anilines is 1. The SMILES string of the molecule is c1cc(-c2ccc(NC3CCSC3)cc2)[nH]n1. The van der Waals surface area contributed by atoms with Crippen molar-refractivity contribution in [1.82, 2.24) is 10.2 Å². The van der Waals surface area contributed by atoms with E-state index in [0.717, 1.165) is 5.69 Å². The number of rotatable bonds is 3. The molecular weight excluding hydrogens is 230 g/mol. The first kappa shape index (κ1) is 10.7. The highest BCUT2D eigenvalue weighted by atomic mass is 32.2. The van der Waals surface area contributed by atoms with Crippen LogP contribution in [0.1, 0.15) is 6.42 Å². The van der Waals surface area contributed by atoms with Gasteiger partial charge in [0.1, 0.15) is 0 Å². The molecule has 1 unspecified atom stereocenters. The molecule has 1 aromatic carbocycles. The maximum absolute atomic E-state index is 3.96. The average Bonchev–Trinajstić information content (AvgIpc) is 3.01. The van der Waals surface area contributed by atoms with Gasteiger partial charge in [-0.05, 0) is 35.9 Å². The Kier molecular flexibility index (Phi) is 3.05. The molecular formula is C13H15N3S. The second kappa shape index (κ2) is 4.84. The van der Waals surface area contributed by atoms with Crippen LogP contribution in [0.5, 0.6) is 0 Å². The molecule has 0 spiro atoms. The van der Waals surface area contributed by atoms with Crippen LogP contribution in [0.3, 0.4) is 0 Å². The normalized spacial score (nSPS) is 19.4. The van der Waals surface area contributed by atoms with Crippen molar-refractivity contribution in [2.24, 2.45) is 0 Å². The standard InChI is InChI=1S/C13H15N3S/c1-3-11(15-12-6-8-17-9-12)4-2-10(1)13-5-7-14-16-13/h1-5,7,12,15H,6,8-9H2,(H,14,16). The summed E-state index contributed by atoms with van der Waals surface area (Å²) in [6, 6.07) is 11.1. The lowest BCUT2D eigenvalue weighted by molar-refractivity contribution is 0.813. The van der Waals surface area contributed by atoms with Crippen molar-refractivity contribution in [3.63, 3.8) is 0 Å². The summed E-state index contributed by atoms with van der Waals surface area (Å²) in [7, 11) is 0. The number of H-pyrrole nitrogens is 1. The molecule has 0 amide bonds. The molecule has 3 rings (SSSR count). The van der Waals surface area contributed by atoms with Crippen LogP contribution in [0.4, 0.5) is 5.69 Å². The molecule has 2 aromatic rings. The first-order valence-corrected chi connectivity index (χ1v) is 7.01. The molecule has 0 radical (unpaired) electrons. The molecule has 0 aliphatic carbocycles. The van der Waals surface area contributed by atoms with Crippen molar-refractivity contribution >= 4 is 17.4 Å². The van der Waals surface area contributed by atoms with Crippen LogP contribution >= 0.6 is 11.8 Å². The Balaban J connectivity index is 1.71. The van der Waals surface area contributed by atoms with E-state index in [2.05, 4.69) is 39.8 Å². The maximum Gasteiger partial charge on any atom is 0.0650 e. The number of hydrogen-bond donors (Lipinski definition) is 2. The monoisotopic (exact) mass is 245 g/mol. The molecule has 3 nitrogen and oxygen atoms in total. The molecule has 1 aliphatic rings. The van der Waals surface area contributed by atoms with Gasteiger partial charge >= 0.3 is 0 Å². The molecule has 2 heterocycles. The third-order valence-corrected chi connectivity index (χ3v) is 4.16. The number of benzene rings is 1. The van der Waals surface area contributed by atoms with Crippen LogP contribution in [-0.2, 0) is 0 Å². The van der Waals surface area contributed by atoms with Gasteiger partial charge in [0.05, 0.1) is 5.69 Å². The lowest BCUT2D eigenvalue weighted by Crippen LogP contribution is -2.17. The Labute approximate surface area is 105 Å². The molecule has 1 aliphatic heterocycles. The van der Waals surface area contributed by atoms with Crippen LogP contribution in [-0.4, -0.2) is 27.7 Å². The summed E-state index contributed by atoms with van der Waals surface area (Å²) < 4.78 is 0. The topological polar surface area (TPSA) is 40.7 Å². The fraction of sp³-hybridized carbons (Fsp3) is 0.308. The Morgan fingerprint density at radius 1 is 1.24 bits per heavy atom. The summed E-state index contributed by atoms with van der Waals surface area (Å²) in [6.07, 6.45) is 3.05. The van der Waals surface area contributed by atoms with Crippen molar-refractivity contribution in [1.29, 1.82) is 0 Å². The van der Waals surface area contributed by atoms with Crippen LogP contribution in [0.15, 0.2) is 36.5 Å². The van der Waals surface area contributed by atoms with Crippen molar-refractivity contribution in [2.75, 3.05) is 16.8 Å². The predicted octanol–water partition coefficient (Wildman–Crippen LogP) is 2.99. The number of thioether (sulfide) groups is 1. The summed E-state index contributed by atoms with van der Waals surface area (Å²) in [4.78, 5) is 0. The van der Waals surface area contributed by atoms with E-state index in [0.29, 0.717) is 6.04 Å². The zero-order chi connectivity index (χ0) is 11.5. The Morgan fingerprint density at radius 3 is 2.76 bits per heavy atom. The molecule has 1 fully saturated rings. The number of nitrogens with one attached hydrogen (secondary N) is 2. The third kappa shape index (κ3) is 2.47. The summed E-state index contributed by atoms with van der Waals surface area (Å²) in [5.41, 5.74) is 3.45. The molecule has 4 heteroatoms. The van der Waals surface area contributed by atoms with Gasteiger partial charge < -0.3 is 5.32 Å². The van der Waals surface area contributed by atoms with Crippen LogP contribution in [0.25, 0.3) is 11.3 Å². The van der Waals surface area contributed by atoms with Gasteiger partial charge in [0, 0.05) is 23.7 Å². The van der Waals surface area contributed by atoms with Crippen LogP contribution in [0.2, 0.25) is 0 Å².